The highest BCUT2D eigenvalue weighted by Crippen LogP contribution is 2.76. The summed E-state index contributed by atoms with van der Waals surface area (Å²) in [5, 5.41) is 0. The van der Waals surface area contributed by atoms with E-state index in [0.29, 0.717) is 21.7 Å². The molecule has 4 saturated carbocycles. The molecule has 9 atom stereocenters. The van der Waals surface area contributed by atoms with Crippen LogP contribution in [0.25, 0.3) is 0 Å². The van der Waals surface area contributed by atoms with Crippen molar-refractivity contribution in [3.05, 3.63) is 12.2 Å². The van der Waals surface area contributed by atoms with Crippen LogP contribution in [0, 0.1) is 57.2 Å². The van der Waals surface area contributed by atoms with E-state index in [1.165, 1.54) is 70.6 Å². The first-order chi connectivity index (χ1) is 15.4. The number of rotatable bonds is 4. The van der Waals surface area contributed by atoms with Gasteiger partial charge in [0.2, 0.25) is 0 Å². The number of hydrogen-bond acceptors (Lipinski definition) is 0. The molecule has 9 unspecified atom stereocenters. The Bertz CT molecular complexity index is 686. The monoisotopic (exact) mass is 489 g/mol. The molecule has 0 bridgehead atoms. The number of hydrogen-bond donors (Lipinski definition) is 0. The van der Waals surface area contributed by atoms with E-state index in [-0.39, 0.29) is 14.9 Å². The van der Waals surface area contributed by atoms with E-state index >= 15 is 0 Å². The van der Waals surface area contributed by atoms with E-state index in [4.69, 9.17) is 0 Å². The van der Waals surface area contributed by atoms with Gasteiger partial charge in [-0.3, -0.25) is 0 Å². The molecule has 0 radical (unpaired) electrons. The molecule has 0 amide bonds. The van der Waals surface area contributed by atoms with Crippen molar-refractivity contribution in [1.29, 1.82) is 0 Å². The second-order valence-corrected chi connectivity index (χ2v) is 14.4. The highest BCUT2D eigenvalue weighted by Gasteiger charge is 2.69. The maximum absolute atomic E-state index is 4.63. The van der Waals surface area contributed by atoms with Crippen molar-refractivity contribution in [2.75, 3.05) is 0 Å². The maximum atomic E-state index is 4.63. The van der Waals surface area contributed by atoms with E-state index < -0.39 is 0 Å². The van der Waals surface area contributed by atoms with Gasteiger partial charge in [-0.15, -0.1) is 0 Å². The maximum Gasteiger partial charge on any atom is -0.0169 e. The van der Waals surface area contributed by atoms with Crippen LogP contribution in [-0.2, 0) is 0 Å². The Morgan fingerprint density at radius 1 is 0.800 bits per heavy atom. The average molecular weight is 489 g/mol. The smallest absolute Gasteiger partial charge is 0.0169 e. The summed E-state index contributed by atoms with van der Waals surface area (Å²) in [4.78, 5) is 0. The first-order valence-electron chi connectivity index (χ1n) is 15.1. The average Bonchev–Trinajstić information content (AvgIpc) is 3.10. The van der Waals surface area contributed by atoms with Crippen LogP contribution in [0.15, 0.2) is 12.2 Å². The summed E-state index contributed by atoms with van der Waals surface area (Å²) in [6.45, 7) is 29.8. The normalized spacial score (nSPS) is 45.3. The lowest BCUT2D eigenvalue weighted by Crippen LogP contribution is -2.64. The van der Waals surface area contributed by atoms with Gasteiger partial charge in [0.05, 0.1) is 0 Å². The third-order valence-corrected chi connectivity index (χ3v) is 12.6. The van der Waals surface area contributed by atoms with Crippen molar-refractivity contribution in [3.8, 4) is 0 Å². The minimum absolute atomic E-state index is 0. The van der Waals surface area contributed by atoms with Crippen LogP contribution < -0.4 is 0 Å². The van der Waals surface area contributed by atoms with Crippen LogP contribution in [-0.4, -0.2) is 0 Å². The topological polar surface area (TPSA) is 0 Å². The quantitative estimate of drug-likeness (QED) is 0.345. The molecule has 0 heteroatoms. The Kier molecular flexibility index (Phi) is 10.9. The molecule has 0 heterocycles. The van der Waals surface area contributed by atoms with Gasteiger partial charge in [-0.1, -0.05) is 116 Å². The van der Waals surface area contributed by atoms with Crippen LogP contribution in [0.1, 0.15) is 155 Å². The van der Waals surface area contributed by atoms with Crippen molar-refractivity contribution in [3.63, 3.8) is 0 Å². The second-order valence-electron chi connectivity index (χ2n) is 14.4. The molecule has 4 rings (SSSR count). The van der Waals surface area contributed by atoms with Gasteiger partial charge in [-0.2, -0.15) is 0 Å². The van der Waals surface area contributed by atoms with Gasteiger partial charge in [-0.25, -0.2) is 0 Å². The van der Waals surface area contributed by atoms with Gasteiger partial charge < -0.3 is 0 Å². The fraction of sp³-hybridized carbons (Fsp3) is 0.943. The zero-order chi connectivity index (χ0) is 24.8. The number of allylic oxidation sites excluding steroid dienone is 1. The van der Waals surface area contributed by atoms with Crippen molar-refractivity contribution < 1.29 is 0 Å². The van der Waals surface area contributed by atoms with Gasteiger partial charge in [0.1, 0.15) is 0 Å². The minimum atomic E-state index is 0. The van der Waals surface area contributed by atoms with Crippen LogP contribution in [0.3, 0.4) is 0 Å². The lowest BCUT2D eigenvalue weighted by Gasteiger charge is -2.71. The Balaban J connectivity index is 0.00000117. The molecule has 0 nitrogen and oxygen atoms in total. The van der Waals surface area contributed by atoms with Gasteiger partial charge in [0.25, 0.3) is 0 Å². The molecule has 0 aromatic carbocycles. The Morgan fingerprint density at radius 2 is 1.37 bits per heavy atom. The van der Waals surface area contributed by atoms with Gasteiger partial charge in [-0.05, 0) is 109 Å². The second kappa shape index (κ2) is 11.6. The van der Waals surface area contributed by atoms with Gasteiger partial charge in [0.15, 0.2) is 0 Å². The highest BCUT2D eigenvalue weighted by atomic mass is 14.7. The van der Waals surface area contributed by atoms with Crippen LogP contribution in [0.2, 0.25) is 0 Å². The predicted molar refractivity (Wildman–Crippen MR) is 161 cm³/mol. The highest BCUT2D eigenvalue weighted by molar-refractivity contribution is 5.21. The first kappa shape index (κ1) is 32.8. The van der Waals surface area contributed by atoms with E-state index in [9.17, 15) is 0 Å². The zero-order valence-corrected chi connectivity index (χ0v) is 24.4. The lowest BCUT2D eigenvalue weighted by molar-refractivity contribution is -0.223. The largest absolute Gasteiger partial charge is 0.0996 e. The molecule has 0 aliphatic heterocycles. The summed E-state index contributed by atoms with van der Waals surface area (Å²) in [7, 11) is 0. The summed E-state index contributed by atoms with van der Waals surface area (Å²) < 4.78 is 0. The Morgan fingerprint density at radius 3 is 1.91 bits per heavy atom. The molecule has 0 spiro atoms. The van der Waals surface area contributed by atoms with Crippen molar-refractivity contribution in [2.24, 2.45) is 57.2 Å². The summed E-state index contributed by atoms with van der Waals surface area (Å²) in [6, 6.07) is 0. The molecule has 0 N–H and O–H groups in total. The van der Waals surface area contributed by atoms with Gasteiger partial charge in [0, 0.05) is 0 Å². The van der Waals surface area contributed by atoms with Gasteiger partial charge >= 0.3 is 0 Å². The SMILES string of the molecule is C.C.C=C(CCC)C1CCC2(C)C1C(C)CC1C3(C)CCC(CC)C(C)(C)C3CCC12C.CCC. The van der Waals surface area contributed by atoms with Crippen molar-refractivity contribution in [1.82, 2.24) is 0 Å². The molecule has 208 valence electrons. The lowest BCUT2D eigenvalue weighted by atomic mass is 9.34. The predicted octanol–water partition coefficient (Wildman–Crippen LogP) is 12.0. The summed E-state index contributed by atoms with van der Waals surface area (Å²) in [5.74, 6) is 5.28. The third kappa shape index (κ3) is 4.85. The summed E-state index contributed by atoms with van der Waals surface area (Å²) >= 11 is 0. The van der Waals surface area contributed by atoms with E-state index in [2.05, 4.69) is 75.8 Å². The zero-order valence-electron chi connectivity index (χ0n) is 24.4. The molecular formula is C35H68. The van der Waals surface area contributed by atoms with Crippen molar-refractivity contribution in [2.45, 2.75) is 155 Å². The van der Waals surface area contributed by atoms with Crippen LogP contribution >= 0.6 is 0 Å². The third-order valence-electron chi connectivity index (χ3n) is 12.6. The summed E-state index contributed by atoms with van der Waals surface area (Å²) in [5.41, 5.74) is 3.67. The molecule has 4 fully saturated rings. The standard InChI is InChI=1S/C30H52.C3H8.2CH4/c1-10-12-20(3)23-14-17-30(9)26(23)21(4)19-25-28(7)16-13-22(11-2)27(5,6)24(28)15-18-29(25,30)8;1-3-2;;/h21-26H,3,10-19H2,1-2,4-9H3;3H2,1-2H3;2*1H4. The van der Waals surface area contributed by atoms with E-state index in [1.807, 2.05) is 0 Å². The molecule has 4 aliphatic carbocycles. The first-order valence-corrected chi connectivity index (χ1v) is 15.1. The van der Waals surface area contributed by atoms with Crippen LogP contribution in [0.4, 0.5) is 0 Å². The molecule has 4 aliphatic rings. The minimum Gasteiger partial charge on any atom is -0.0996 e. The van der Waals surface area contributed by atoms with Crippen LogP contribution in [0.5, 0.6) is 0 Å². The fourth-order valence-corrected chi connectivity index (χ4v) is 11.0. The van der Waals surface area contributed by atoms with Crippen molar-refractivity contribution >= 4 is 0 Å². The Labute approximate surface area is 223 Å². The van der Waals surface area contributed by atoms with E-state index in [0.717, 1.165) is 35.5 Å². The molecular weight excluding hydrogens is 420 g/mol. The Hall–Kier alpha value is -0.260. The molecule has 35 heavy (non-hydrogen) atoms. The molecule has 0 aromatic heterocycles. The van der Waals surface area contributed by atoms with E-state index in [1.54, 1.807) is 5.57 Å². The summed E-state index contributed by atoms with van der Waals surface area (Å²) in [6.07, 6.45) is 15.4. The molecule has 0 saturated heterocycles. The number of fused-ring (bicyclic) bond motifs is 5. The fourth-order valence-electron chi connectivity index (χ4n) is 11.0. The molecule has 0 aromatic rings.